The normalized spacial score (nSPS) is 20.4. The predicted octanol–water partition coefficient (Wildman–Crippen LogP) is 2.97. The van der Waals surface area contributed by atoms with Gasteiger partial charge < -0.3 is 15.0 Å². The maximum atomic E-state index is 14.2. The van der Waals surface area contributed by atoms with Crippen LogP contribution in [-0.2, 0) is 4.74 Å². The smallest absolute Gasteiger partial charge is 0.130 e. The average Bonchev–Trinajstić information content (AvgIpc) is 2.87. The van der Waals surface area contributed by atoms with Crippen LogP contribution in [0.5, 0.6) is 0 Å². The summed E-state index contributed by atoms with van der Waals surface area (Å²) in [6.45, 7) is 7.60. The van der Waals surface area contributed by atoms with Gasteiger partial charge in [0.15, 0.2) is 0 Å². The summed E-state index contributed by atoms with van der Waals surface area (Å²) in [7, 11) is 1.74. The van der Waals surface area contributed by atoms with Crippen LogP contribution in [0.2, 0.25) is 0 Å². The van der Waals surface area contributed by atoms with E-state index in [1.54, 1.807) is 19.2 Å². The number of ether oxygens (including phenoxy) is 1. The fraction of sp³-hybridized carbons (Fsp3) is 0.625. The second-order valence-corrected chi connectivity index (χ2v) is 5.51. The lowest BCUT2D eigenvalue weighted by molar-refractivity contribution is 0.161. The number of nitrogens with zero attached hydrogens (tertiary/aromatic N) is 1. The van der Waals surface area contributed by atoms with E-state index in [9.17, 15) is 4.39 Å². The van der Waals surface area contributed by atoms with E-state index in [4.69, 9.17) is 4.74 Å². The monoisotopic (exact) mass is 280 g/mol. The van der Waals surface area contributed by atoms with Gasteiger partial charge in [0.05, 0.1) is 6.61 Å². The molecule has 3 nitrogen and oxygen atoms in total. The molecule has 0 amide bonds. The number of nitrogens with one attached hydrogen (secondary N) is 1. The molecule has 2 unspecified atom stereocenters. The number of halogens is 1. The van der Waals surface area contributed by atoms with Crippen LogP contribution in [-0.4, -0.2) is 33.4 Å². The Bertz CT molecular complexity index is 438. The van der Waals surface area contributed by atoms with Crippen molar-refractivity contribution in [2.75, 3.05) is 38.3 Å². The molecular weight excluding hydrogens is 255 g/mol. The predicted molar refractivity (Wildman–Crippen MR) is 80.7 cm³/mol. The van der Waals surface area contributed by atoms with Gasteiger partial charge >= 0.3 is 0 Å². The van der Waals surface area contributed by atoms with Crippen molar-refractivity contribution >= 4 is 5.69 Å². The van der Waals surface area contributed by atoms with Crippen molar-refractivity contribution in [3.8, 4) is 0 Å². The zero-order valence-corrected chi connectivity index (χ0v) is 12.7. The zero-order valence-electron chi connectivity index (χ0n) is 12.7. The summed E-state index contributed by atoms with van der Waals surface area (Å²) in [5, 5.41) is 3.31. The van der Waals surface area contributed by atoms with Crippen molar-refractivity contribution in [1.82, 2.24) is 5.32 Å². The van der Waals surface area contributed by atoms with Crippen molar-refractivity contribution in [3.05, 3.63) is 29.6 Å². The highest BCUT2D eigenvalue weighted by Crippen LogP contribution is 2.32. The van der Waals surface area contributed by atoms with E-state index in [1.165, 1.54) is 0 Å². The Hall–Kier alpha value is -1.13. The summed E-state index contributed by atoms with van der Waals surface area (Å²) in [5.41, 5.74) is 1.81. The molecule has 0 saturated carbocycles. The molecule has 1 aliphatic rings. The van der Waals surface area contributed by atoms with Gasteiger partial charge in [0.2, 0.25) is 0 Å². The molecule has 112 valence electrons. The fourth-order valence-corrected chi connectivity index (χ4v) is 3.06. The maximum absolute atomic E-state index is 14.2. The third-order valence-electron chi connectivity index (χ3n) is 4.00. The van der Waals surface area contributed by atoms with Gasteiger partial charge in [-0.3, -0.25) is 0 Å². The van der Waals surface area contributed by atoms with E-state index in [-0.39, 0.29) is 11.9 Å². The summed E-state index contributed by atoms with van der Waals surface area (Å²) in [6.07, 6.45) is 1.11. The van der Waals surface area contributed by atoms with Crippen LogP contribution in [0.15, 0.2) is 18.2 Å². The first-order chi connectivity index (χ1) is 9.67. The van der Waals surface area contributed by atoms with Crippen LogP contribution in [0.25, 0.3) is 0 Å². The average molecular weight is 280 g/mol. The molecule has 0 radical (unpaired) electrons. The summed E-state index contributed by atoms with van der Waals surface area (Å²) in [6, 6.07) is 5.41. The van der Waals surface area contributed by atoms with Crippen LogP contribution in [0, 0.1) is 11.7 Å². The molecule has 0 bridgehead atoms. The third-order valence-corrected chi connectivity index (χ3v) is 4.00. The second-order valence-electron chi connectivity index (χ2n) is 5.51. The van der Waals surface area contributed by atoms with Crippen LogP contribution in [0.1, 0.15) is 31.9 Å². The molecule has 1 aliphatic heterocycles. The molecule has 0 aromatic heterocycles. The molecule has 20 heavy (non-hydrogen) atoms. The third kappa shape index (κ3) is 3.30. The maximum Gasteiger partial charge on any atom is 0.130 e. The molecule has 4 heteroatoms. The van der Waals surface area contributed by atoms with Gasteiger partial charge in [0.25, 0.3) is 0 Å². The van der Waals surface area contributed by atoms with E-state index < -0.39 is 0 Å². The van der Waals surface area contributed by atoms with Crippen molar-refractivity contribution < 1.29 is 9.13 Å². The van der Waals surface area contributed by atoms with Crippen LogP contribution in [0.3, 0.4) is 0 Å². The minimum absolute atomic E-state index is 0.0256. The summed E-state index contributed by atoms with van der Waals surface area (Å²) >= 11 is 0. The molecular formula is C16H25FN2O. The lowest BCUT2D eigenvalue weighted by Crippen LogP contribution is -2.26. The summed E-state index contributed by atoms with van der Waals surface area (Å²) in [4.78, 5) is 2.29. The molecule has 1 heterocycles. The van der Waals surface area contributed by atoms with Gasteiger partial charge in [-0.2, -0.15) is 0 Å². The Morgan fingerprint density at radius 3 is 3.00 bits per heavy atom. The Morgan fingerprint density at radius 1 is 1.50 bits per heavy atom. The highest BCUT2D eigenvalue weighted by molar-refractivity contribution is 5.56. The highest BCUT2D eigenvalue weighted by Gasteiger charge is 2.26. The quantitative estimate of drug-likeness (QED) is 0.867. The summed E-state index contributed by atoms with van der Waals surface area (Å²) in [5.74, 6) is 0.427. The lowest BCUT2D eigenvalue weighted by atomic mass is 10.0. The zero-order chi connectivity index (χ0) is 14.5. The minimum atomic E-state index is -0.119. The summed E-state index contributed by atoms with van der Waals surface area (Å²) < 4.78 is 19.5. The number of rotatable bonds is 6. The molecule has 2 rings (SSSR count). The van der Waals surface area contributed by atoms with Gasteiger partial charge in [0, 0.05) is 43.4 Å². The SMILES string of the molecule is CCNC(C)c1c(F)cccc1N1CCC(COC)C1. The van der Waals surface area contributed by atoms with Crippen molar-refractivity contribution in [2.24, 2.45) is 5.92 Å². The topological polar surface area (TPSA) is 24.5 Å². The Morgan fingerprint density at radius 2 is 2.30 bits per heavy atom. The largest absolute Gasteiger partial charge is 0.384 e. The van der Waals surface area contributed by atoms with E-state index in [0.29, 0.717) is 5.92 Å². The first-order valence-electron chi connectivity index (χ1n) is 7.43. The first kappa shape index (κ1) is 15.3. The molecule has 1 aromatic rings. The van der Waals surface area contributed by atoms with Gasteiger partial charge in [-0.1, -0.05) is 13.0 Å². The minimum Gasteiger partial charge on any atom is -0.384 e. The molecule has 0 spiro atoms. The molecule has 0 aliphatic carbocycles. The highest BCUT2D eigenvalue weighted by atomic mass is 19.1. The van der Waals surface area contributed by atoms with Crippen LogP contribution < -0.4 is 10.2 Å². The van der Waals surface area contributed by atoms with Gasteiger partial charge in [-0.15, -0.1) is 0 Å². The van der Waals surface area contributed by atoms with E-state index >= 15 is 0 Å². The van der Waals surface area contributed by atoms with Gasteiger partial charge in [0.1, 0.15) is 5.82 Å². The van der Waals surface area contributed by atoms with E-state index in [0.717, 1.165) is 43.9 Å². The van der Waals surface area contributed by atoms with E-state index in [1.807, 2.05) is 19.9 Å². The van der Waals surface area contributed by atoms with Crippen LogP contribution in [0.4, 0.5) is 10.1 Å². The molecule has 1 fully saturated rings. The Kier molecular flexibility index (Phi) is 5.38. The Labute approximate surface area is 121 Å². The number of hydrogen-bond donors (Lipinski definition) is 1. The van der Waals surface area contributed by atoms with Crippen molar-refractivity contribution in [2.45, 2.75) is 26.3 Å². The number of hydrogen-bond acceptors (Lipinski definition) is 3. The molecule has 1 saturated heterocycles. The van der Waals surface area contributed by atoms with Crippen molar-refractivity contribution in [1.29, 1.82) is 0 Å². The van der Waals surface area contributed by atoms with Gasteiger partial charge in [-0.25, -0.2) is 4.39 Å². The Balaban J connectivity index is 2.21. The molecule has 1 N–H and O–H groups in total. The number of anilines is 1. The number of benzene rings is 1. The molecule has 1 aromatic carbocycles. The van der Waals surface area contributed by atoms with Gasteiger partial charge in [-0.05, 0) is 32.0 Å². The van der Waals surface area contributed by atoms with Crippen molar-refractivity contribution in [3.63, 3.8) is 0 Å². The second kappa shape index (κ2) is 7.04. The molecule has 2 atom stereocenters. The first-order valence-corrected chi connectivity index (χ1v) is 7.43. The van der Waals surface area contributed by atoms with Crippen LogP contribution >= 0.6 is 0 Å². The standard InChI is InChI=1S/C16H25FN2O/c1-4-18-12(2)16-14(17)6-5-7-15(16)19-9-8-13(10-19)11-20-3/h5-7,12-13,18H,4,8-11H2,1-3H3. The number of methoxy groups -OCH3 is 1. The fourth-order valence-electron chi connectivity index (χ4n) is 3.06. The lowest BCUT2D eigenvalue weighted by Gasteiger charge is -2.25. The van der Waals surface area contributed by atoms with E-state index in [2.05, 4.69) is 10.2 Å².